The maximum Gasteiger partial charge on any atom is 0.290 e. The molecule has 0 aliphatic rings. The molecule has 4 N–H and O–H groups in total. The number of nitrogens with zero attached hydrogens (tertiary/aromatic N) is 4. The first-order valence-electron chi connectivity index (χ1n) is 12.6. The molecule has 0 bridgehead atoms. The topological polar surface area (TPSA) is 119 Å². The first-order valence-corrected chi connectivity index (χ1v) is 13.6. The van der Waals surface area contributed by atoms with Crippen LogP contribution < -0.4 is 21.0 Å². The third kappa shape index (κ3) is 6.46. The Morgan fingerprint density at radius 2 is 1.38 bits per heavy atom. The molecule has 0 aliphatic carbocycles. The SMILES string of the molecule is Cc1cc(C)c(NC(=O)CSc2nnc(-c3cccc[n+]3CC(=O)Nc3c(C)cc(C)cc3C)n2N)c(C)c1. The number of amides is 2. The van der Waals surface area contributed by atoms with Crippen LogP contribution in [0.3, 0.4) is 0 Å². The largest absolute Gasteiger partial charge is 0.335 e. The highest BCUT2D eigenvalue weighted by molar-refractivity contribution is 7.99. The summed E-state index contributed by atoms with van der Waals surface area (Å²) in [5, 5.41) is 14.9. The second kappa shape index (κ2) is 11.7. The summed E-state index contributed by atoms with van der Waals surface area (Å²) in [6.45, 7) is 12.0. The van der Waals surface area contributed by atoms with Gasteiger partial charge in [-0.1, -0.05) is 47.2 Å². The summed E-state index contributed by atoms with van der Waals surface area (Å²) in [6, 6.07) is 13.7. The van der Waals surface area contributed by atoms with E-state index in [1.807, 2.05) is 84.0 Å². The fourth-order valence-electron chi connectivity index (χ4n) is 4.76. The van der Waals surface area contributed by atoms with Gasteiger partial charge in [-0.2, -0.15) is 4.57 Å². The zero-order valence-electron chi connectivity index (χ0n) is 23.1. The number of hydrogen-bond donors (Lipinski definition) is 3. The third-order valence-electron chi connectivity index (χ3n) is 6.36. The van der Waals surface area contributed by atoms with E-state index >= 15 is 0 Å². The Kier molecular flexibility index (Phi) is 8.35. The van der Waals surface area contributed by atoms with E-state index < -0.39 is 0 Å². The zero-order chi connectivity index (χ0) is 28.3. The summed E-state index contributed by atoms with van der Waals surface area (Å²) in [4.78, 5) is 25.7. The number of carbonyl (C=O) groups is 2. The summed E-state index contributed by atoms with van der Waals surface area (Å²) >= 11 is 1.19. The van der Waals surface area contributed by atoms with Crippen LogP contribution in [0.2, 0.25) is 0 Å². The van der Waals surface area contributed by atoms with Crippen molar-refractivity contribution in [2.24, 2.45) is 0 Å². The molecule has 0 unspecified atom stereocenters. The molecule has 39 heavy (non-hydrogen) atoms. The van der Waals surface area contributed by atoms with Crippen LogP contribution in [-0.2, 0) is 16.1 Å². The van der Waals surface area contributed by atoms with Crippen LogP contribution in [0.1, 0.15) is 33.4 Å². The molecule has 4 aromatic rings. The monoisotopic (exact) mass is 544 g/mol. The molecule has 9 nitrogen and oxygen atoms in total. The minimum Gasteiger partial charge on any atom is -0.335 e. The van der Waals surface area contributed by atoms with Gasteiger partial charge < -0.3 is 16.5 Å². The quantitative estimate of drug-likeness (QED) is 0.174. The predicted molar refractivity (Wildman–Crippen MR) is 155 cm³/mol. The minimum absolute atomic E-state index is 0.0654. The lowest BCUT2D eigenvalue weighted by Crippen LogP contribution is -2.42. The number of nitrogens with two attached hydrogens (primary N) is 1. The maximum atomic E-state index is 13.0. The standard InChI is InChI=1S/C29H33N7O2S/c1-17-11-19(3)26(20(4)12-17)31-24(37)15-35-10-8-7-9-23(35)28-33-34-29(36(28)30)39-16-25(38)32-27-21(5)13-18(2)14-22(27)6/h7-14H,15-16H2,1-6H3,(H3-,30,31,32,33,37,38)/p+1. The smallest absolute Gasteiger partial charge is 0.290 e. The molecular weight excluding hydrogens is 510 g/mol. The van der Waals surface area contributed by atoms with Gasteiger partial charge in [0.15, 0.2) is 6.20 Å². The van der Waals surface area contributed by atoms with Gasteiger partial charge in [0.05, 0.1) is 5.75 Å². The number of hydrogen-bond acceptors (Lipinski definition) is 6. The molecule has 0 fully saturated rings. The second-order valence-electron chi connectivity index (χ2n) is 9.82. The van der Waals surface area contributed by atoms with Crippen LogP contribution in [0, 0.1) is 41.5 Å². The predicted octanol–water partition coefficient (Wildman–Crippen LogP) is 4.17. The van der Waals surface area contributed by atoms with Crippen LogP contribution in [0.4, 0.5) is 11.4 Å². The molecule has 2 aromatic carbocycles. The minimum atomic E-state index is -0.168. The van der Waals surface area contributed by atoms with E-state index in [0.717, 1.165) is 44.8 Å². The molecule has 10 heteroatoms. The van der Waals surface area contributed by atoms with Gasteiger partial charge in [-0.3, -0.25) is 9.59 Å². The Balaban J connectivity index is 1.46. The van der Waals surface area contributed by atoms with E-state index in [0.29, 0.717) is 16.7 Å². The Labute approximate surface area is 232 Å². The fourth-order valence-corrected chi connectivity index (χ4v) is 5.42. The normalized spacial score (nSPS) is 10.9. The zero-order valence-corrected chi connectivity index (χ0v) is 23.9. The molecule has 2 amide bonds. The number of pyridine rings is 1. The number of nitrogen functional groups attached to an aromatic ring is 1. The molecule has 2 heterocycles. The van der Waals surface area contributed by atoms with Crippen LogP contribution in [-0.4, -0.2) is 32.4 Å². The van der Waals surface area contributed by atoms with Crippen molar-refractivity contribution in [1.29, 1.82) is 0 Å². The van der Waals surface area contributed by atoms with Crippen LogP contribution in [0.25, 0.3) is 11.5 Å². The first kappa shape index (κ1) is 27.8. The Morgan fingerprint density at radius 3 is 1.95 bits per heavy atom. The van der Waals surface area contributed by atoms with Gasteiger partial charge in [-0.25, -0.2) is 4.68 Å². The number of aromatic nitrogens is 4. The van der Waals surface area contributed by atoms with Crippen molar-refractivity contribution in [3.63, 3.8) is 0 Å². The summed E-state index contributed by atoms with van der Waals surface area (Å²) in [6.07, 6.45) is 1.80. The van der Waals surface area contributed by atoms with Gasteiger partial charge in [0, 0.05) is 23.5 Å². The number of rotatable bonds is 8. The van der Waals surface area contributed by atoms with Gasteiger partial charge >= 0.3 is 0 Å². The highest BCUT2D eigenvalue weighted by Gasteiger charge is 2.24. The molecule has 0 spiro atoms. The lowest BCUT2D eigenvalue weighted by atomic mass is 10.1. The lowest BCUT2D eigenvalue weighted by Gasteiger charge is -2.12. The summed E-state index contributed by atoms with van der Waals surface area (Å²) in [7, 11) is 0. The first-order chi connectivity index (χ1) is 18.5. The second-order valence-corrected chi connectivity index (χ2v) is 10.8. The molecule has 0 aliphatic heterocycles. The van der Waals surface area contributed by atoms with Crippen molar-refractivity contribution in [3.8, 4) is 11.5 Å². The maximum absolute atomic E-state index is 13.0. The number of nitrogens with one attached hydrogen (secondary N) is 2. The number of anilines is 2. The van der Waals surface area contributed by atoms with E-state index in [-0.39, 0.29) is 24.1 Å². The molecule has 2 aromatic heterocycles. The van der Waals surface area contributed by atoms with E-state index in [1.54, 1.807) is 10.8 Å². The molecular formula is C29H34N7O2S+. The van der Waals surface area contributed by atoms with Gasteiger partial charge in [-0.05, 0) is 69.9 Å². The van der Waals surface area contributed by atoms with Crippen LogP contribution in [0.5, 0.6) is 0 Å². The Hall–Kier alpha value is -4.18. The summed E-state index contributed by atoms with van der Waals surface area (Å²) in [5.41, 5.74) is 8.62. The van der Waals surface area contributed by atoms with E-state index in [9.17, 15) is 9.59 Å². The van der Waals surface area contributed by atoms with Gasteiger partial charge in [0.25, 0.3) is 11.6 Å². The number of carbonyl (C=O) groups excluding carboxylic acids is 2. The number of aryl methyl sites for hydroxylation is 6. The van der Waals surface area contributed by atoms with Crippen molar-refractivity contribution >= 4 is 35.0 Å². The number of thioether (sulfide) groups is 1. The van der Waals surface area contributed by atoms with Crippen LogP contribution >= 0.6 is 11.8 Å². The van der Waals surface area contributed by atoms with Gasteiger partial charge in [0.1, 0.15) is 0 Å². The molecule has 0 saturated heterocycles. The third-order valence-corrected chi connectivity index (χ3v) is 7.31. The fraction of sp³-hybridized carbons (Fsp3) is 0.276. The summed E-state index contributed by atoms with van der Waals surface area (Å²) < 4.78 is 3.12. The molecule has 0 atom stereocenters. The van der Waals surface area contributed by atoms with Crippen LogP contribution in [0.15, 0.2) is 53.8 Å². The highest BCUT2D eigenvalue weighted by atomic mass is 32.2. The van der Waals surface area contributed by atoms with Crippen molar-refractivity contribution in [1.82, 2.24) is 14.9 Å². The Bertz CT molecular complexity index is 1520. The Morgan fingerprint density at radius 1 is 0.846 bits per heavy atom. The van der Waals surface area contributed by atoms with Gasteiger partial charge in [0.2, 0.25) is 23.4 Å². The molecule has 202 valence electrons. The molecule has 0 radical (unpaired) electrons. The summed E-state index contributed by atoms with van der Waals surface area (Å²) in [5.74, 6) is 6.52. The van der Waals surface area contributed by atoms with E-state index in [4.69, 9.17) is 5.84 Å². The van der Waals surface area contributed by atoms with Gasteiger partial charge in [-0.15, -0.1) is 10.2 Å². The highest BCUT2D eigenvalue weighted by Crippen LogP contribution is 2.24. The van der Waals surface area contributed by atoms with Crippen molar-refractivity contribution in [3.05, 3.63) is 82.0 Å². The molecule has 4 rings (SSSR count). The lowest BCUT2D eigenvalue weighted by molar-refractivity contribution is -0.673. The van der Waals surface area contributed by atoms with Crippen molar-refractivity contribution in [2.45, 2.75) is 53.2 Å². The van der Waals surface area contributed by atoms with Crippen molar-refractivity contribution in [2.75, 3.05) is 22.2 Å². The van der Waals surface area contributed by atoms with E-state index in [1.165, 1.54) is 16.4 Å². The average Bonchev–Trinajstić information content (AvgIpc) is 3.22. The van der Waals surface area contributed by atoms with Crippen molar-refractivity contribution < 1.29 is 14.2 Å². The van der Waals surface area contributed by atoms with E-state index in [2.05, 4.69) is 20.8 Å². The number of benzene rings is 2. The average molecular weight is 545 g/mol. The molecule has 0 saturated carbocycles.